The predicted octanol–water partition coefficient (Wildman–Crippen LogP) is 5.24. The van der Waals surface area contributed by atoms with Crippen molar-refractivity contribution < 1.29 is 28.6 Å². The summed E-state index contributed by atoms with van der Waals surface area (Å²) in [5, 5.41) is 5.30. The van der Waals surface area contributed by atoms with Crippen molar-refractivity contribution in [2.24, 2.45) is 0 Å². The summed E-state index contributed by atoms with van der Waals surface area (Å²) in [5.74, 6) is -0.471. The smallest absolute Gasteiger partial charge is 0.407 e. The Kier molecular flexibility index (Phi) is 8.77. The van der Waals surface area contributed by atoms with Gasteiger partial charge in [0.1, 0.15) is 24.0 Å². The van der Waals surface area contributed by atoms with E-state index < -0.39 is 23.7 Å². The van der Waals surface area contributed by atoms with Gasteiger partial charge in [-0.3, -0.25) is 4.79 Å². The van der Waals surface area contributed by atoms with Gasteiger partial charge in [-0.2, -0.15) is 0 Å². The number of alkyl carbamates (subject to hydrolysis) is 1. The molecule has 0 saturated heterocycles. The number of hydrogen-bond donors (Lipinski definition) is 2. The zero-order valence-electron chi connectivity index (χ0n) is 23.6. The van der Waals surface area contributed by atoms with Crippen molar-refractivity contribution in [1.29, 1.82) is 0 Å². The van der Waals surface area contributed by atoms with E-state index in [1.165, 1.54) is 7.11 Å². The van der Waals surface area contributed by atoms with Gasteiger partial charge >= 0.3 is 12.1 Å². The largest absolute Gasteiger partial charge is 0.496 e. The molecule has 8 heteroatoms. The first-order valence-corrected chi connectivity index (χ1v) is 13.3. The summed E-state index contributed by atoms with van der Waals surface area (Å²) in [6, 6.07) is 20.5. The highest BCUT2D eigenvalue weighted by molar-refractivity contribution is 5.96. The van der Waals surface area contributed by atoms with Crippen molar-refractivity contribution in [3.63, 3.8) is 0 Å². The molecule has 2 N–H and O–H groups in total. The second kappa shape index (κ2) is 12.2. The Bertz CT molecular complexity index is 1350. The van der Waals surface area contributed by atoms with Crippen molar-refractivity contribution in [2.75, 3.05) is 20.8 Å². The minimum atomic E-state index is -0.931. The number of amides is 2. The monoisotopic (exact) mass is 544 g/mol. The molecule has 1 atom stereocenters. The maximum Gasteiger partial charge on any atom is 0.407 e. The molecule has 3 aromatic carbocycles. The molecule has 0 bridgehead atoms. The molecule has 8 nitrogen and oxygen atoms in total. The summed E-state index contributed by atoms with van der Waals surface area (Å²) in [7, 11) is 3.05. The number of fused-ring (bicyclic) bond motifs is 3. The average Bonchev–Trinajstić information content (AvgIpc) is 3.26. The summed E-state index contributed by atoms with van der Waals surface area (Å²) in [5.41, 5.74) is 5.01. The minimum Gasteiger partial charge on any atom is -0.496 e. The standard InChI is InChI=1S/C32H36N2O6/c1-32(2,3)40-30(36)27(17-15-20-14-16-25(29(35)33-4)28(18-20)38-5)34-31(37)39-19-26-23-12-8-6-10-21(23)22-11-7-9-13-24(22)26/h6-14,16,18,26-27H,15,17,19H2,1-5H3,(H,33,35)(H,34,37). The van der Waals surface area contributed by atoms with Gasteiger partial charge in [0.05, 0.1) is 12.7 Å². The van der Waals surface area contributed by atoms with Gasteiger partial charge in [-0.15, -0.1) is 0 Å². The third-order valence-corrected chi connectivity index (χ3v) is 6.79. The molecule has 3 aromatic rings. The topological polar surface area (TPSA) is 103 Å². The fourth-order valence-electron chi connectivity index (χ4n) is 4.93. The molecule has 0 saturated carbocycles. The van der Waals surface area contributed by atoms with E-state index in [4.69, 9.17) is 14.2 Å². The fourth-order valence-corrected chi connectivity index (χ4v) is 4.93. The van der Waals surface area contributed by atoms with E-state index in [-0.39, 0.29) is 24.9 Å². The second-order valence-electron chi connectivity index (χ2n) is 10.7. The highest BCUT2D eigenvalue weighted by atomic mass is 16.6. The summed E-state index contributed by atoms with van der Waals surface area (Å²) in [6.07, 6.45) is 0.00441. The highest BCUT2D eigenvalue weighted by Gasteiger charge is 2.31. The third-order valence-electron chi connectivity index (χ3n) is 6.79. The van der Waals surface area contributed by atoms with E-state index in [1.807, 2.05) is 24.3 Å². The molecule has 1 aliphatic rings. The zero-order chi connectivity index (χ0) is 28.9. The number of hydrogen-bond acceptors (Lipinski definition) is 6. The summed E-state index contributed by atoms with van der Waals surface area (Å²) >= 11 is 0. The lowest BCUT2D eigenvalue weighted by Crippen LogP contribution is -2.45. The van der Waals surface area contributed by atoms with Gasteiger partial charge in [0, 0.05) is 13.0 Å². The van der Waals surface area contributed by atoms with Crippen molar-refractivity contribution in [1.82, 2.24) is 10.6 Å². The first-order valence-electron chi connectivity index (χ1n) is 13.3. The molecule has 0 aromatic heterocycles. The number of carbonyl (C=O) groups excluding carboxylic acids is 3. The Morgan fingerprint density at radius 2 is 1.55 bits per heavy atom. The predicted molar refractivity (Wildman–Crippen MR) is 153 cm³/mol. The third kappa shape index (κ3) is 6.62. The normalized spacial score (nSPS) is 13.0. The van der Waals surface area contributed by atoms with Crippen LogP contribution in [0.4, 0.5) is 4.79 Å². The molecule has 0 radical (unpaired) electrons. The van der Waals surface area contributed by atoms with Gasteiger partial charge in [-0.25, -0.2) is 9.59 Å². The van der Waals surface area contributed by atoms with E-state index >= 15 is 0 Å². The Balaban J connectivity index is 1.45. The molecule has 1 aliphatic carbocycles. The first-order chi connectivity index (χ1) is 19.1. The van der Waals surface area contributed by atoms with E-state index in [9.17, 15) is 14.4 Å². The Hall–Kier alpha value is -4.33. The fraction of sp³-hybridized carbons (Fsp3) is 0.344. The quantitative estimate of drug-likeness (QED) is 0.358. The van der Waals surface area contributed by atoms with Crippen LogP contribution in [0.1, 0.15) is 60.2 Å². The van der Waals surface area contributed by atoms with Gasteiger partial charge in [0.15, 0.2) is 0 Å². The van der Waals surface area contributed by atoms with Gasteiger partial charge in [-0.1, -0.05) is 54.6 Å². The molecule has 210 valence electrons. The number of ether oxygens (including phenoxy) is 3. The van der Waals surface area contributed by atoms with Crippen LogP contribution in [0.3, 0.4) is 0 Å². The number of rotatable bonds is 9. The molecular weight excluding hydrogens is 508 g/mol. The van der Waals surface area contributed by atoms with Crippen LogP contribution in [0.5, 0.6) is 5.75 Å². The van der Waals surface area contributed by atoms with Crippen molar-refractivity contribution in [3.05, 3.63) is 89.0 Å². The molecular formula is C32H36N2O6. The molecule has 40 heavy (non-hydrogen) atoms. The lowest BCUT2D eigenvalue weighted by molar-refractivity contribution is -0.157. The molecule has 0 fully saturated rings. The highest BCUT2D eigenvalue weighted by Crippen LogP contribution is 2.44. The summed E-state index contributed by atoms with van der Waals surface area (Å²) < 4.78 is 16.6. The lowest BCUT2D eigenvalue weighted by Gasteiger charge is -2.25. The Morgan fingerprint density at radius 1 is 0.925 bits per heavy atom. The van der Waals surface area contributed by atoms with Crippen molar-refractivity contribution >= 4 is 18.0 Å². The second-order valence-corrected chi connectivity index (χ2v) is 10.7. The molecule has 2 amide bonds. The SMILES string of the molecule is CNC(=O)c1ccc(CCC(NC(=O)OCC2c3ccccc3-c3ccccc32)C(=O)OC(C)(C)C)cc1OC. The van der Waals surface area contributed by atoms with Crippen LogP contribution >= 0.6 is 0 Å². The van der Waals surface area contributed by atoms with Gasteiger partial charge < -0.3 is 24.8 Å². The summed E-state index contributed by atoms with van der Waals surface area (Å²) in [6.45, 7) is 5.46. The van der Waals surface area contributed by atoms with Crippen LogP contribution < -0.4 is 15.4 Å². The number of nitrogens with one attached hydrogen (secondary N) is 2. The molecule has 1 unspecified atom stereocenters. The Morgan fingerprint density at radius 3 is 2.12 bits per heavy atom. The maximum atomic E-state index is 13.0. The van der Waals surface area contributed by atoms with E-state index in [0.717, 1.165) is 27.8 Å². The van der Waals surface area contributed by atoms with Crippen molar-refractivity contribution in [2.45, 2.75) is 51.2 Å². The van der Waals surface area contributed by atoms with Crippen LogP contribution in [-0.4, -0.2) is 50.4 Å². The van der Waals surface area contributed by atoms with Crippen LogP contribution in [-0.2, 0) is 20.7 Å². The molecule has 0 heterocycles. The number of esters is 1. The maximum absolute atomic E-state index is 13.0. The van der Waals surface area contributed by atoms with E-state index in [2.05, 4.69) is 34.9 Å². The molecule has 4 rings (SSSR count). The zero-order valence-corrected chi connectivity index (χ0v) is 23.6. The van der Waals surface area contributed by atoms with Gasteiger partial charge in [0.25, 0.3) is 5.91 Å². The van der Waals surface area contributed by atoms with E-state index in [0.29, 0.717) is 17.7 Å². The number of aryl methyl sites for hydroxylation is 1. The average molecular weight is 545 g/mol. The van der Waals surface area contributed by atoms with Crippen LogP contribution in [0.2, 0.25) is 0 Å². The lowest BCUT2D eigenvalue weighted by atomic mass is 9.98. The minimum absolute atomic E-state index is 0.0931. The van der Waals surface area contributed by atoms with Crippen molar-refractivity contribution in [3.8, 4) is 16.9 Å². The van der Waals surface area contributed by atoms with Gasteiger partial charge in [-0.05, 0) is 73.6 Å². The molecule has 0 aliphatic heterocycles. The number of benzene rings is 3. The van der Waals surface area contributed by atoms with Crippen LogP contribution in [0.25, 0.3) is 11.1 Å². The summed E-state index contributed by atoms with van der Waals surface area (Å²) in [4.78, 5) is 38.1. The van der Waals surface area contributed by atoms with Crippen LogP contribution in [0.15, 0.2) is 66.7 Å². The molecule has 0 spiro atoms. The number of carbonyl (C=O) groups is 3. The van der Waals surface area contributed by atoms with E-state index in [1.54, 1.807) is 46.0 Å². The van der Waals surface area contributed by atoms with Gasteiger partial charge in [0.2, 0.25) is 0 Å². The number of methoxy groups -OCH3 is 1. The van der Waals surface area contributed by atoms with Crippen LogP contribution in [0, 0.1) is 0 Å². The Labute approximate surface area is 235 Å². The first kappa shape index (κ1) is 28.7.